The summed E-state index contributed by atoms with van der Waals surface area (Å²) in [6.07, 6.45) is 2.37. The maximum absolute atomic E-state index is 5.98. The third-order valence-corrected chi connectivity index (χ3v) is 4.58. The van der Waals surface area contributed by atoms with Gasteiger partial charge in [-0.2, -0.15) is 0 Å². The Balaban J connectivity index is 2.00. The largest absolute Gasteiger partial charge is 0.341 e. The van der Waals surface area contributed by atoms with Gasteiger partial charge in [0.05, 0.1) is 0 Å². The minimum atomic E-state index is 0.0482. The molecule has 20 heavy (non-hydrogen) atoms. The van der Waals surface area contributed by atoms with Gasteiger partial charge < -0.3 is 10.6 Å². The van der Waals surface area contributed by atoms with Crippen LogP contribution >= 0.6 is 15.9 Å². The van der Waals surface area contributed by atoms with Gasteiger partial charge in [-0.25, -0.2) is 0 Å². The van der Waals surface area contributed by atoms with Crippen LogP contribution in [0.25, 0.3) is 0 Å². The molecule has 1 atom stereocenters. The van der Waals surface area contributed by atoms with Crippen molar-refractivity contribution in [2.24, 2.45) is 5.73 Å². The Morgan fingerprint density at radius 3 is 2.75 bits per heavy atom. The van der Waals surface area contributed by atoms with Crippen molar-refractivity contribution in [2.75, 3.05) is 11.4 Å². The number of para-hydroxylation sites is 1. The molecule has 0 aliphatic carbocycles. The number of hydrogen-bond donors (Lipinski definition) is 1. The first-order chi connectivity index (χ1) is 9.66. The molecule has 0 fully saturated rings. The van der Waals surface area contributed by atoms with Crippen LogP contribution in [0.5, 0.6) is 0 Å². The molecule has 2 aromatic carbocycles. The summed E-state index contributed by atoms with van der Waals surface area (Å²) in [5.74, 6) is 0. The van der Waals surface area contributed by atoms with E-state index < -0.39 is 0 Å². The molecule has 1 aliphatic heterocycles. The molecule has 0 bridgehead atoms. The quantitative estimate of drug-likeness (QED) is 0.874. The number of rotatable bonds is 2. The van der Waals surface area contributed by atoms with Crippen LogP contribution in [0.3, 0.4) is 0 Å². The fourth-order valence-electron chi connectivity index (χ4n) is 2.86. The van der Waals surface area contributed by atoms with Crippen molar-refractivity contribution in [2.45, 2.75) is 25.8 Å². The van der Waals surface area contributed by atoms with Gasteiger partial charge in [-0.3, -0.25) is 0 Å². The van der Waals surface area contributed by atoms with E-state index in [0.717, 1.165) is 16.6 Å². The molecular weight excluding hydrogens is 312 g/mol. The fourth-order valence-corrected chi connectivity index (χ4v) is 3.58. The smallest absolute Gasteiger partial charge is 0.0443 e. The molecule has 0 saturated heterocycles. The lowest BCUT2D eigenvalue weighted by atomic mass is 10.0. The average Bonchev–Trinajstić information content (AvgIpc) is 2.46. The molecular formula is C17H19BrN2. The first kappa shape index (κ1) is 13.7. The van der Waals surface area contributed by atoms with Crippen LogP contribution in [0.1, 0.15) is 30.5 Å². The Labute approximate surface area is 128 Å². The standard InChI is InChI=1S/C17H19BrN2/c1-12(19)15-9-8-14(11-16(15)18)20-10-4-6-13-5-2-3-7-17(13)20/h2-3,5,7-9,11-12H,4,6,10,19H2,1H3. The van der Waals surface area contributed by atoms with Crippen LogP contribution in [-0.4, -0.2) is 6.54 Å². The zero-order chi connectivity index (χ0) is 14.1. The van der Waals surface area contributed by atoms with E-state index in [1.807, 2.05) is 6.92 Å². The van der Waals surface area contributed by atoms with Crippen LogP contribution in [0.2, 0.25) is 0 Å². The molecule has 0 aromatic heterocycles. The molecule has 104 valence electrons. The van der Waals surface area contributed by atoms with E-state index in [9.17, 15) is 0 Å². The van der Waals surface area contributed by atoms with Crippen molar-refractivity contribution < 1.29 is 0 Å². The monoisotopic (exact) mass is 330 g/mol. The third-order valence-electron chi connectivity index (χ3n) is 3.90. The van der Waals surface area contributed by atoms with E-state index >= 15 is 0 Å². The second kappa shape index (κ2) is 5.58. The van der Waals surface area contributed by atoms with Gasteiger partial charge in [-0.1, -0.05) is 40.2 Å². The number of halogens is 1. The zero-order valence-corrected chi connectivity index (χ0v) is 13.2. The Morgan fingerprint density at radius 1 is 1.20 bits per heavy atom. The van der Waals surface area contributed by atoms with Crippen molar-refractivity contribution in [1.82, 2.24) is 0 Å². The first-order valence-electron chi connectivity index (χ1n) is 7.07. The number of nitrogens with two attached hydrogens (primary N) is 1. The molecule has 0 spiro atoms. The summed E-state index contributed by atoms with van der Waals surface area (Å²) >= 11 is 3.65. The summed E-state index contributed by atoms with van der Waals surface area (Å²) in [7, 11) is 0. The van der Waals surface area contributed by atoms with E-state index in [-0.39, 0.29) is 6.04 Å². The number of hydrogen-bond acceptors (Lipinski definition) is 2. The summed E-state index contributed by atoms with van der Waals surface area (Å²) in [5.41, 5.74) is 11.1. The van der Waals surface area contributed by atoms with Gasteiger partial charge in [0.25, 0.3) is 0 Å². The summed E-state index contributed by atoms with van der Waals surface area (Å²) < 4.78 is 1.09. The number of nitrogens with zero attached hydrogens (tertiary/aromatic N) is 1. The minimum absolute atomic E-state index is 0.0482. The molecule has 2 N–H and O–H groups in total. The van der Waals surface area contributed by atoms with Gasteiger partial charge in [-0.15, -0.1) is 0 Å². The number of benzene rings is 2. The predicted molar refractivity (Wildman–Crippen MR) is 88.5 cm³/mol. The maximum Gasteiger partial charge on any atom is 0.0443 e. The van der Waals surface area contributed by atoms with Gasteiger partial charge in [0.15, 0.2) is 0 Å². The lowest BCUT2D eigenvalue weighted by Gasteiger charge is -2.31. The number of anilines is 2. The van der Waals surface area contributed by atoms with Crippen LogP contribution in [0.15, 0.2) is 46.9 Å². The molecule has 0 radical (unpaired) electrons. The second-order valence-corrected chi connectivity index (χ2v) is 6.23. The fraction of sp³-hybridized carbons (Fsp3) is 0.294. The van der Waals surface area contributed by atoms with Crippen molar-refractivity contribution in [3.05, 3.63) is 58.1 Å². The Bertz CT molecular complexity index is 622. The molecule has 2 nitrogen and oxygen atoms in total. The van der Waals surface area contributed by atoms with Crippen LogP contribution in [-0.2, 0) is 6.42 Å². The van der Waals surface area contributed by atoms with E-state index in [2.05, 4.69) is 63.3 Å². The molecule has 0 amide bonds. The highest BCUT2D eigenvalue weighted by Crippen LogP contribution is 2.35. The molecule has 1 aliphatic rings. The molecule has 2 aromatic rings. The predicted octanol–water partition coefficient (Wildman–Crippen LogP) is 4.55. The summed E-state index contributed by atoms with van der Waals surface area (Å²) in [6, 6.07) is 15.2. The highest BCUT2D eigenvalue weighted by molar-refractivity contribution is 9.10. The van der Waals surface area contributed by atoms with Crippen molar-refractivity contribution in [3.8, 4) is 0 Å². The van der Waals surface area contributed by atoms with Crippen LogP contribution in [0.4, 0.5) is 11.4 Å². The second-order valence-electron chi connectivity index (χ2n) is 5.38. The topological polar surface area (TPSA) is 29.3 Å². The van der Waals surface area contributed by atoms with Crippen LogP contribution < -0.4 is 10.6 Å². The first-order valence-corrected chi connectivity index (χ1v) is 7.86. The summed E-state index contributed by atoms with van der Waals surface area (Å²) in [6.45, 7) is 3.08. The van der Waals surface area contributed by atoms with Gasteiger partial charge >= 0.3 is 0 Å². The Kier molecular flexibility index (Phi) is 3.81. The van der Waals surface area contributed by atoms with Crippen LogP contribution in [0, 0.1) is 0 Å². The van der Waals surface area contributed by atoms with Gasteiger partial charge in [0.2, 0.25) is 0 Å². The van der Waals surface area contributed by atoms with Crippen molar-refractivity contribution in [1.29, 1.82) is 0 Å². The maximum atomic E-state index is 5.98. The van der Waals surface area contributed by atoms with Crippen molar-refractivity contribution >= 4 is 27.3 Å². The van der Waals surface area contributed by atoms with E-state index in [0.29, 0.717) is 0 Å². The highest BCUT2D eigenvalue weighted by Gasteiger charge is 2.18. The SMILES string of the molecule is CC(N)c1ccc(N2CCCc3ccccc32)cc1Br. The summed E-state index contributed by atoms with van der Waals surface area (Å²) in [5, 5.41) is 0. The Hall–Kier alpha value is -1.32. The highest BCUT2D eigenvalue weighted by atomic mass is 79.9. The van der Waals surface area contributed by atoms with Gasteiger partial charge in [0, 0.05) is 28.4 Å². The van der Waals surface area contributed by atoms with E-state index in [1.54, 1.807) is 0 Å². The zero-order valence-electron chi connectivity index (χ0n) is 11.6. The van der Waals surface area contributed by atoms with Crippen molar-refractivity contribution in [3.63, 3.8) is 0 Å². The van der Waals surface area contributed by atoms with E-state index in [4.69, 9.17) is 5.73 Å². The van der Waals surface area contributed by atoms with Gasteiger partial charge in [-0.05, 0) is 49.1 Å². The average molecular weight is 331 g/mol. The summed E-state index contributed by atoms with van der Waals surface area (Å²) in [4.78, 5) is 2.40. The van der Waals surface area contributed by atoms with Gasteiger partial charge in [0.1, 0.15) is 0 Å². The number of fused-ring (bicyclic) bond motifs is 1. The molecule has 3 rings (SSSR count). The molecule has 1 unspecified atom stereocenters. The lowest BCUT2D eigenvalue weighted by Crippen LogP contribution is -2.24. The normalized spacial score (nSPS) is 15.8. The van der Waals surface area contributed by atoms with E-state index in [1.165, 1.54) is 29.8 Å². The molecule has 1 heterocycles. The number of aryl methyl sites for hydroxylation is 1. The minimum Gasteiger partial charge on any atom is -0.341 e. The lowest BCUT2D eigenvalue weighted by molar-refractivity contribution is 0.765. The Morgan fingerprint density at radius 2 is 2.00 bits per heavy atom. The molecule has 3 heteroatoms. The third kappa shape index (κ3) is 2.48. The molecule has 0 saturated carbocycles.